The second kappa shape index (κ2) is 13.5. The molecule has 0 saturated heterocycles. The van der Waals surface area contributed by atoms with E-state index in [9.17, 15) is 0 Å². The lowest BCUT2D eigenvalue weighted by atomic mass is 10.4. The molecular weight excluding hydrogens is 264 g/mol. The van der Waals surface area contributed by atoms with Crippen LogP contribution in [-0.4, -0.2) is 49.4 Å². The molecule has 18 heavy (non-hydrogen) atoms. The molecule has 0 heterocycles. The summed E-state index contributed by atoms with van der Waals surface area (Å²) in [5, 5.41) is 0. The van der Waals surface area contributed by atoms with E-state index in [0.717, 1.165) is 41.8 Å². The van der Waals surface area contributed by atoms with Crippen molar-refractivity contribution in [1.82, 2.24) is 0 Å². The summed E-state index contributed by atoms with van der Waals surface area (Å²) >= 11 is 3.66. The monoisotopic (exact) mass is 289 g/mol. The van der Waals surface area contributed by atoms with E-state index in [-0.39, 0.29) is 0 Å². The van der Waals surface area contributed by atoms with Crippen molar-refractivity contribution in [2.75, 3.05) is 49.4 Å². The average Bonchev–Trinajstić information content (AvgIpc) is 2.29. The van der Waals surface area contributed by atoms with Crippen molar-refractivity contribution in [2.45, 2.75) is 13.8 Å². The first-order chi connectivity index (χ1) is 8.63. The van der Waals surface area contributed by atoms with Crippen LogP contribution in [0.1, 0.15) is 13.8 Å². The van der Waals surface area contributed by atoms with Crippen LogP contribution in [0.4, 0.5) is 0 Å². The van der Waals surface area contributed by atoms with Gasteiger partial charge in [0.2, 0.25) is 0 Å². The number of thioether (sulfide) groups is 2. The molecule has 0 aliphatic rings. The first-order valence-electron chi connectivity index (χ1n) is 6.16. The third-order valence-electron chi connectivity index (χ3n) is 1.79. The van der Waals surface area contributed by atoms with Crippen molar-refractivity contribution >= 4 is 23.5 Å². The van der Waals surface area contributed by atoms with Gasteiger partial charge in [0.25, 0.3) is 0 Å². The van der Waals surface area contributed by atoms with Crippen molar-refractivity contribution in [3.05, 3.63) is 24.3 Å². The number of rotatable bonds is 13. The third kappa shape index (κ3) is 16.1. The first kappa shape index (κ1) is 18.1. The maximum atomic E-state index is 5.56. The predicted octanol–water partition coefficient (Wildman–Crippen LogP) is 3.44. The van der Waals surface area contributed by atoms with Crippen LogP contribution in [0.5, 0.6) is 0 Å². The number of hydrogen-bond acceptors (Lipinski definition) is 4. The van der Waals surface area contributed by atoms with Gasteiger partial charge < -0.3 is 9.47 Å². The lowest BCUT2D eigenvalue weighted by Crippen LogP contribution is -2.08. The molecule has 0 amide bonds. The largest absolute Gasteiger partial charge is 0.378 e. The Morgan fingerprint density at radius 2 is 1.44 bits per heavy atom. The topological polar surface area (TPSA) is 18.5 Å². The van der Waals surface area contributed by atoms with Gasteiger partial charge in [0.15, 0.2) is 0 Å². The van der Waals surface area contributed by atoms with E-state index in [1.54, 1.807) is 11.8 Å². The molecule has 0 aromatic heterocycles. The number of hydrogen-bond donors (Lipinski definition) is 0. The van der Waals surface area contributed by atoms with Crippen LogP contribution in [0.15, 0.2) is 17.7 Å². The van der Waals surface area contributed by atoms with Gasteiger partial charge in [-0.1, -0.05) is 24.3 Å². The minimum absolute atomic E-state index is 0.678. The van der Waals surface area contributed by atoms with Crippen LogP contribution in [0.3, 0.4) is 0 Å². The Morgan fingerprint density at radius 3 is 1.89 bits per heavy atom. The molecular formula is C14H25O2S2. The summed E-state index contributed by atoms with van der Waals surface area (Å²) in [5.74, 6) is 3.95. The third-order valence-corrected chi connectivity index (χ3v) is 4.06. The standard InChI is InChI=1S/C14H25O2S2/c1-13(2)11-17-9-7-15-5-6-16-8-10-18-12-14(3)4/h1H,3,5-12H2,2,4H3. The Balaban J connectivity index is 2.99. The van der Waals surface area contributed by atoms with E-state index in [1.165, 1.54) is 5.57 Å². The highest BCUT2D eigenvalue weighted by Crippen LogP contribution is 2.05. The highest BCUT2D eigenvalue weighted by molar-refractivity contribution is 7.99. The summed E-state index contributed by atoms with van der Waals surface area (Å²) < 4.78 is 10.9. The van der Waals surface area contributed by atoms with Crippen LogP contribution in [0, 0.1) is 6.58 Å². The molecule has 0 N–H and O–H groups in total. The molecule has 105 valence electrons. The summed E-state index contributed by atoms with van der Waals surface area (Å²) in [6, 6.07) is 0. The van der Waals surface area contributed by atoms with Crippen molar-refractivity contribution < 1.29 is 9.47 Å². The minimum atomic E-state index is 0.678. The zero-order chi connectivity index (χ0) is 13.6. The zero-order valence-electron chi connectivity index (χ0n) is 11.6. The maximum Gasteiger partial charge on any atom is 0.0700 e. The molecule has 4 heteroatoms. The second-order valence-electron chi connectivity index (χ2n) is 4.13. The smallest absolute Gasteiger partial charge is 0.0700 e. The van der Waals surface area contributed by atoms with E-state index in [0.29, 0.717) is 13.2 Å². The van der Waals surface area contributed by atoms with Crippen molar-refractivity contribution in [3.8, 4) is 0 Å². The summed E-state index contributed by atoms with van der Waals surface area (Å²) in [5.41, 5.74) is 2.18. The van der Waals surface area contributed by atoms with E-state index in [2.05, 4.69) is 6.58 Å². The molecule has 0 aromatic carbocycles. The fraction of sp³-hybridized carbons (Fsp3) is 0.714. The van der Waals surface area contributed by atoms with E-state index < -0.39 is 0 Å². The minimum Gasteiger partial charge on any atom is -0.378 e. The van der Waals surface area contributed by atoms with Gasteiger partial charge in [-0.15, -0.1) is 0 Å². The van der Waals surface area contributed by atoms with Gasteiger partial charge >= 0.3 is 0 Å². The second-order valence-corrected chi connectivity index (χ2v) is 6.34. The highest BCUT2D eigenvalue weighted by atomic mass is 32.2. The fourth-order valence-electron chi connectivity index (χ4n) is 1.04. The van der Waals surface area contributed by atoms with Crippen LogP contribution in [-0.2, 0) is 9.47 Å². The van der Waals surface area contributed by atoms with Crippen LogP contribution in [0.25, 0.3) is 0 Å². The molecule has 0 unspecified atom stereocenters. The molecule has 0 aliphatic heterocycles. The Morgan fingerprint density at radius 1 is 0.944 bits per heavy atom. The van der Waals surface area contributed by atoms with Gasteiger partial charge in [0, 0.05) is 23.0 Å². The van der Waals surface area contributed by atoms with Gasteiger partial charge in [-0.3, -0.25) is 0 Å². The van der Waals surface area contributed by atoms with Gasteiger partial charge in [0.1, 0.15) is 0 Å². The average molecular weight is 289 g/mol. The quantitative estimate of drug-likeness (QED) is 0.382. The lowest BCUT2D eigenvalue weighted by Gasteiger charge is -2.06. The summed E-state index contributed by atoms with van der Waals surface area (Å²) in [4.78, 5) is 0. The van der Waals surface area contributed by atoms with Gasteiger partial charge in [-0.05, 0) is 13.8 Å². The fourth-order valence-corrected chi connectivity index (χ4v) is 2.47. The van der Waals surface area contributed by atoms with Gasteiger partial charge in [0.05, 0.1) is 26.4 Å². The maximum absolute atomic E-state index is 5.56. The van der Waals surface area contributed by atoms with Crippen molar-refractivity contribution in [2.24, 2.45) is 0 Å². The SMILES string of the molecule is [CH]=C(C)CSCCOCCOCCSCC(=C)C. The summed E-state index contributed by atoms with van der Waals surface area (Å²) in [7, 11) is 0. The molecule has 0 spiro atoms. The molecule has 0 atom stereocenters. The Hall–Kier alpha value is 0.1000. The Bertz CT molecular complexity index is 206. The zero-order valence-corrected chi connectivity index (χ0v) is 13.2. The predicted molar refractivity (Wildman–Crippen MR) is 84.6 cm³/mol. The molecule has 1 radical (unpaired) electrons. The molecule has 0 fully saturated rings. The molecule has 2 nitrogen and oxygen atoms in total. The van der Waals surface area contributed by atoms with Crippen LogP contribution >= 0.6 is 23.5 Å². The molecule has 0 saturated carbocycles. The van der Waals surface area contributed by atoms with Gasteiger partial charge in [-0.25, -0.2) is 0 Å². The first-order valence-corrected chi connectivity index (χ1v) is 8.47. The Labute approximate surface area is 121 Å². The summed E-state index contributed by atoms with van der Waals surface area (Å²) in [6.07, 6.45) is 0. The summed E-state index contributed by atoms with van der Waals surface area (Å²) in [6.45, 7) is 16.3. The molecule has 0 bridgehead atoms. The van der Waals surface area contributed by atoms with E-state index in [1.807, 2.05) is 25.6 Å². The van der Waals surface area contributed by atoms with Crippen LogP contribution < -0.4 is 0 Å². The van der Waals surface area contributed by atoms with E-state index >= 15 is 0 Å². The van der Waals surface area contributed by atoms with E-state index in [4.69, 9.17) is 16.1 Å². The molecule has 0 aliphatic carbocycles. The van der Waals surface area contributed by atoms with Gasteiger partial charge in [-0.2, -0.15) is 23.5 Å². The van der Waals surface area contributed by atoms with Crippen molar-refractivity contribution in [1.29, 1.82) is 0 Å². The highest BCUT2D eigenvalue weighted by Gasteiger charge is 1.93. The van der Waals surface area contributed by atoms with Crippen molar-refractivity contribution in [3.63, 3.8) is 0 Å². The lowest BCUT2D eigenvalue weighted by molar-refractivity contribution is 0.0605. The van der Waals surface area contributed by atoms with Crippen LogP contribution in [0.2, 0.25) is 0 Å². The molecule has 0 aromatic rings. The number of ether oxygens (including phenoxy) is 2. The normalized spacial score (nSPS) is 10.6. The molecule has 0 rings (SSSR count). The Kier molecular flexibility index (Phi) is 13.6.